The first-order chi connectivity index (χ1) is 7.33. The van der Waals surface area contributed by atoms with Gasteiger partial charge in [0.1, 0.15) is 0 Å². The highest BCUT2D eigenvalue weighted by Gasteiger charge is 2.21. The van der Waals surface area contributed by atoms with Crippen LogP contribution in [0.5, 0.6) is 0 Å². The number of fused-ring (bicyclic) bond motifs is 1. The van der Waals surface area contributed by atoms with Gasteiger partial charge < -0.3 is 10.5 Å². The molecule has 1 saturated heterocycles. The number of hydrogen-bond acceptors (Lipinski definition) is 4. The van der Waals surface area contributed by atoms with E-state index in [0.717, 1.165) is 31.1 Å². The maximum absolute atomic E-state index is 5.68. The van der Waals surface area contributed by atoms with Gasteiger partial charge in [-0.15, -0.1) is 0 Å². The van der Waals surface area contributed by atoms with Crippen molar-refractivity contribution in [1.29, 1.82) is 0 Å². The molecule has 78 valence electrons. The van der Waals surface area contributed by atoms with Gasteiger partial charge in [-0.3, -0.25) is 0 Å². The van der Waals surface area contributed by atoms with Gasteiger partial charge in [0.15, 0.2) is 11.5 Å². The highest BCUT2D eigenvalue weighted by molar-refractivity contribution is 5.50. The molecule has 1 aliphatic heterocycles. The number of rotatable bonds is 1. The molecule has 0 aliphatic carbocycles. The van der Waals surface area contributed by atoms with Crippen LogP contribution in [0.3, 0.4) is 0 Å². The van der Waals surface area contributed by atoms with Crippen LogP contribution in [0.2, 0.25) is 0 Å². The number of ether oxygens (including phenoxy) is 1. The Bertz CT molecular complexity index is 487. The Labute approximate surface area is 86.9 Å². The van der Waals surface area contributed by atoms with Gasteiger partial charge in [-0.05, 0) is 12.5 Å². The highest BCUT2D eigenvalue weighted by atomic mass is 16.5. The summed E-state index contributed by atoms with van der Waals surface area (Å²) in [4.78, 5) is 4.45. The van der Waals surface area contributed by atoms with Crippen molar-refractivity contribution >= 4 is 11.3 Å². The predicted molar refractivity (Wildman–Crippen MR) is 55.6 cm³/mol. The molecular weight excluding hydrogens is 192 g/mol. The Morgan fingerprint density at radius 3 is 3.27 bits per heavy atom. The van der Waals surface area contributed by atoms with E-state index in [-0.39, 0.29) is 0 Å². The topological polar surface area (TPSA) is 65.4 Å². The molecule has 0 saturated carbocycles. The van der Waals surface area contributed by atoms with E-state index >= 15 is 0 Å². The van der Waals surface area contributed by atoms with Crippen molar-refractivity contribution in [3.63, 3.8) is 0 Å². The van der Waals surface area contributed by atoms with E-state index in [1.807, 2.05) is 18.3 Å². The van der Waals surface area contributed by atoms with Crippen molar-refractivity contribution in [3.05, 3.63) is 24.2 Å². The van der Waals surface area contributed by atoms with Crippen molar-refractivity contribution in [2.75, 3.05) is 18.9 Å². The molecule has 5 nitrogen and oxygen atoms in total. The van der Waals surface area contributed by atoms with Crippen LogP contribution in [0.15, 0.2) is 18.3 Å². The molecule has 1 aliphatic rings. The lowest BCUT2D eigenvalue weighted by Gasteiger charge is -1.98. The van der Waals surface area contributed by atoms with Crippen LogP contribution in [-0.2, 0) is 4.74 Å². The van der Waals surface area contributed by atoms with E-state index in [0.29, 0.717) is 11.6 Å². The fourth-order valence-electron chi connectivity index (χ4n) is 1.83. The second kappa shape index (κ2) is 3.20. The number of nitrogen functional groups attached to an aromatic ring is 1. The highest BCUT2D eigenvalue weighted by Crippen LogP contribution is 2.22. The molecule has 0 radical (unpaired) electrons. The Morgan fingerprint density at radius 1 is 1.53 bits per heavy atom. The quantitative estimate of drug-likeness (QED) is 0.746. The number of nitrogens with zero attached hydrogens (tertiary/aromatic N) is 3. The summed E-state index contributed by atoms with van der Waals surface area (Å²) in [5.74, 6) is 1.20. The molecule has 0 amide bonds. The normalized spacial score (nSPS) is 21.2. The minimum atomic E-state index is 0.339. The Balaban J connectivity index is 2.05. The van der Waals surface area contributed by atoms with Gasteiger partial charge in [0.05, 0.1) is 6.61 Å². The third-order valence-electron chi connectivity index (χ3n) is 2.67. The van der Waals surface area contributed by atoms with Crippen LogP contribution >= 0.6 is 0 Å². The van der Waals surface area contributed by atoms with Gasteiger partial charge in [0.25, 0.3) is 0 Å². The van der Waals surface area contributed by atoms with Crippen LogP contribution in [0.1, 0.15) is 18.2 Å². The first kappa shape index (κ1) is 8.67. The lowest BCUT2D eigenvalue weighted by Crippen LogP contribution is -2.00. The molecule has 2 aromatic rings. The third kappa shape index (κ3) is 1.45. The number of pyridine rings is 1. The van der Waals surface area contributed by atoms with Gasteiger partial charge in [0, 0.05) is 30.5 Å². The van der Waals surface area contributed by atoms with Gasteiger partial charge >= 0.3 is 0 Å². The van der Waals surface area contributed by atoms with E-state index in [9.17, 15) is 0 Å². The van der Waals surface area contributed by atoms with Crippen molar-refractivity contribution in [2.45, 2.75) is 12.3 Å². The molecule has 3 heterocycles. The molecule has 15 heavy (non-hydrogen) atoms. The zero-order valence-electron chi connectivity index (χ0n) is 8.26. The average molecular weight is 204 g/mol. The van der Waals surface area contributed by atoms with Crippen LogP contribution in [-0.4, -0.2) is 27.8 Å². The number of aromatic nitrogens is 3. The molecule has 5 heteroatoms. The van der Waals surface area contributed by atoms with Crippen molar-refractivity contribution in [2.24, 2.45) is 0 Å². The second-order valence-corrected chi connectivity index (χ2v) is 3.79. The molecule has 1 unspecified atom stereocenters. The summed E-state index contributed by atoms with van der Waals surface area (Å²) in [7, 11) is 0. The smallest absolute Gasteiger partial charge is 0.157 e. The molecule has 0 aromatic carbocycles. The lowest BCUT2D eigenvalue weighted by molar-refractivity contribution is 0.193. The SMILES string of the molecule is Nc1ccn2nc(C3CCOC3)nc2c1. The fourth-order valence-corrected chi connectivity index (χ4v) is 1.83. The number of anilines is 1. The number of nitrogens with two attached hydrogens (primary N) is 1. The maximum atomic E-state index is 5.68. The van der Waals surface area contributed by atoms with Crippen LogP contribution < -0.4 is 5.73 Å². The van der Waals surface area contributed by atoms with Crippen molar-refractivity contribution in [3.8, 4) is 0 Å². The Morgan fingerprint density at radius 2 is 2.47 bits per heavy atom. The van der Waals surface area contributed by atoms with E-state index in [1.54, 1.807) is 4.52 Å². The minimum Gasteiger partial charge on any atom is -0.399 e. The van der Waals surface area contributed by atoms with Crippen LogP contribution in [0.4, 0.5) is 5.69 Å². The van der Waals surface area contributed by atoms with Gasteiger partial charge in [0.2, 0.25) is 0 Å². The monoisotopic (exact) mass is 204 g/mol. The molecule has 3 rings (SSSR count). The zero-order chi connectivity index (χ0) is 10.3. The summed E-state index contributed by atoms with van der Waals surface area (Å²) in [5.41, 5.74) is 7.20. The van der Waals surface area contributed by atoms with E-state index in [1.165, 1.54) is 0 Å². The fraction of sp³-hybridized carbons (Fsp3) is 0.400. The van der Waals surface area contributed by atoms with Crippen molar-refractivity contribution < 1.29 is 4.74 Å². The summed E-state index contributed by atoms with van der Waals surface area (Å²) < 4.78 is 7.07. The first-order valence-corrected chi connectivity index (χ1v) is 5.02. The second-order valence-electron chi connectivity index (χ2n) is 3.79. The lowest BCUT2D eigenvalue weighted by atomic mass is 10.1. The van der Waals surface area contributed by atoms with Gasteiger partial charge in [-0.1, -0.05) is 0 Å². The largest absolute Gasteiger partial charge is 0.399 e. The van der Waals surface area contributed by atoms with Gasteiger partial charge in [-0.25, -0.2) is 9.50 Å². The summed E-state index contributed by atoms with van der Waals surface area (Å²) in [6.45, 7) is 1.54. The maximum Gasteiger partial charge on any atom is 0.157 e. The molecular formula is C10H12N4O. The van der Waals surface area contributed by atoms with Crippen LogP contribution in [0, 0.1) is 0 Å². The minimum absolute atomic E-state index is 0.339. The summed E-state index contributed by atoms with van der Waals surface area (Å²) in [6, 6.07) is 3.64. The predicted octanol–water partition coefficient (Wildman–Crippen LogP) is 0.815. The summed E-state index contributed by atoms with van der Waals surface area (Å²) >= 11 is 0. The molecule has 0 spiro atoms. The third-order valence-corrected chi connectivity index (χ3v) is 2.67. The molecule has 1 fully saturated rings. The zero-order valence-corrected chi connectivity index (χ0v) is 8.26. The molecule has 0 bridgehead atoms. The standard InChI is InChI=1S/C10H12N4O/c11-8-1-3-14-9(5-8)12-10(13-14)7-2-4-15-6-7/h1,3,5,7H,2,4,6,11H2. The van der Waals surface area contributed by atoms with Crippen molar-refractivity contribution in [1.82, 2.24) is 14.6 Å². The average Bonchev–Trinajstić information content (AvgIpc) is 2.84. The van der Waals surface area contributed by atoms with Crippen LogP contribution in [0.25, 0.3) is 5.65 Å². The van der Waals surface area contributed by atoms with Gasteiger partial charge in [-0.2, -0.15) is 5.10 Å². The summed E-state index contributed by atoms with van der Waals surface area (Å²) in [5, 5.41) is 4.41. The summed E-state index contributed by atoms with van der Waals surface area (Å²) in [6.07, 6.45) is 2.84. The first-order valence-electron chi connectivity index (χ1n) is 5.02. The van der Waals surface area contributed by atoms with E-state index < -0.39 is 0 Å². The molecule has 2 N–H and O–H groups in total. The Hall–Kier alpha value is -1.62. The molecule has 1 atom stereocenters. The molecule has 2 aromatic heterocycles. The van der Waals surface area contributed by atoms with E-state index in [4.69, 9.17) is 10.5 Å². The van der Waals surface area contributed by atoms with E-state index in [2.05, 4.69) is 10.1 Å². The Kier molecular flexibility index (Phi) is 1.85. The number of hydrogen-bond donors (Lipinski definition) is 1.